The maximum atomic E-state index is 5.59. The molecule has 2 fully saturated rings. The second-order valence-electron chi connectivity index (χ2n) is 5.97. The van der Waals surface area contributed by atoms with Crippen LogP contribution in [0.4, 0.5) is 5.69 Å². The van der Waals surface area contributed by atoms with E-state index in [0.29, 0.717) is 5.92 Å². The van der Waals surface area contributed by atoms with Gasteiger partial charge in [0.2, 0.25) is 0 Å². The molecular formula is C16H22N4O. The Labute approximate surface area is 124 Å². The van der Waals surface area contributed by atoms with E-state index >= 15 is 0 Å². The second kappa shape index (κ2) is 5.66. The zero-order valence-corrected chi connectivity index (χ0v) is 12.3. The van der Waals surface area contributed by atoms with Crippen LogP contribution in [0.2, 0.25) is 0 Å². The lowest BCUT2D eigenvalue weighted by atomic mass is 9.99. The summed E-state index contributed by atoms with van der Waals surface area (Å²) in [6.07, 6.45) is 6.63. The van der Waals surface area contributed by atoms with E-state index in [2.05, 4.69) is 39.1 Å². The molecule has 1 atom stereocenters. The summed E-state index contributed by atoms with van der Waals surface area (Å²) in [5.41, 5.74) is 3.50. The Kier molecular flexibility index (Phi) is 3.53. The number of piperazine rings is 1. The molecule has 0 bridgehead atoms. The van der Waals surface area contributed by atoms with Crippen molar-refractivity contribution in [2.75, 3.05) is 44.3 Å². The van der Waals surface area contributed by atoms with E-state index in [1.54, 1.807) is 0 Å². The van der Waals surface area contributed by atoms with Gasteiger partial charge in [-0.2, -0.15) is 0 Å². The van der Waals surface area contributed by atoms with Gasteiger partial charge in [-0.1, -0.05) is 0 Å². The van der Waals surface area contributed by atoms with Crippen LogP contribution in [-0.2, 0) is 4.74 Å². The first-order valence-corrected chi connectivity index (χ1v) is 7.92. The maximum Gasteiger partial charge on any atom is 0.139 e. The van der Waals surface area contributed by atoms with E-state index in [0.717, 1.165) is 51.5 Å². The van der Waals surface area contributed by atoms with Crippen LogP contribution in [0.15, 0.2) is 24.5 Å². The third kappa shape index (κ3) is 2.63. The smallest absolute Gasteiger partial charge is 0.139 e. The number of anilines is 1. The van der Waals surface area contributed by atoms with Crippen LogP contribution in [0.5, 0.6) is 0 Å². The monoisotopic (exact) mass is 286 g/mol. The van der Waals surface area contributed by atoms with Crippen molar-refractivity contribution in [3.8, 4) is 0 Å². The van der Waals surface area contributed by atoms with E-state index in [1.807, 2.05) is 0 Å². The van der Waals surface area contributed by atoms with E-state index in [1.165, 1.54) is 17.8 Å². The van der Waals surface area contributed by atoms with Gasteiger partial charge in [-0.15, -0.1) is 0 Å². The highest BCUT2D eigenvalue weighted by Crippen LogP contribution is 2.26. The molecule has 1 N–H and O–H groups in total. The van der Waals surface area contributed by atoms with Crippen molar-refractivity contribution in [3.05, 3.63) is 30.2 Å². The molecule has 0 aliphatic carbocycles. The third-order valence-electron chi connectivity index (χ3n) is 4.52. The standard InChI is InChI=1S/C16H22N4O/c1-2-13(12-21-9-1)15-11-20-6-3-14(10-16(20)18-15)19-7-4-17-5-8-19/h3,6,10-11,13,17H,1-2,4-5,7-9,12H2. The SMILES string of the molecule is c1cn2cc(C3CCCOC3)nc2cc1N1CCNCC1. The van der Waals surface area contributed by atoms with Gasteiger partial charge in [0.05, 0.1) is 12.3 Å². The van der Waals surface area contributed by atoms with Crippen molar-refractivity contribution in [1.82, 2.24) is 14.7 Å². The molecule has 2 saturated heterocycles. The molecule has 0 amide bonds. The largest absolute Gasteiger partial charge is 0.381 e. The normalized spacial score (nSPS) is 23.6. The molecule has 0 spiro atoms. The number of nitrogens with zero attached hydrogens (tertiary/aromatic N) is 3. The second-order valence-corrected chi connectivity index (χ2v) is 5.97. The number of fused-ring (bicyclic) bond motifs is 1. The first-order chi connectivity index (χ1) is 10.4. The van der Waals surface area contributed by atoms with E-state index in [-0.39, 0.29) is 0 Å². The van der Waals surface area contributed by atoms with Crippen molar-refractivity contribution < 1.29 is 4.74 Å². The average molecular weight is 286 g/mol. The number of pyridine rings is 1. The van der Waals surface area contributed by atoms with Gasteiger partial charge >= 0.3 is 0 Å². The zero-order chi connectivity index (χ0) is 14.1. The van der Waals surface area contributed by atoms with Gasteiger partial charge in [-0.05, 0) is 18.9 Å². The highest BCUT2D eigenvalue weighted by Gasteiger charge is 2.19. The summed E-state index contributed by atoms with van der Waals surface area (Å²) in [7, 11) is 0. The lowest BCUT2D eigenvalue weighted by Crippen LogP contribution is -2.43. The molecule has 2 aliphatic rings. The minimum Gasteiger partial charge on any atom is -0.381 e. The lowest BCUT2D eigenvalue weighted by molar-refractivity contribution is 0.0794. The Hall–Kier alpha value is -1.59. The first-order valence-electron chi connectivity index (χ1n) is 7.92. The fraction of sp³-hybridized carbons (Fsp3) is 0.562. The molecule has 1 unspecified atom stereocenters. The molecule has 4 heterocycles. The van der Waals surface area contributed by atoms with Crippen LogP contribution in [0.3, 0.4) is 0 Å². The molecule has 112 valence electrons. The van der Waals surface area contributed by atoms with Gasteiger partial charge in [-0.25, -0.2) is 4.98 Å². The van der Waals surface area contributed by atoms with Crippen molar-refractivity contribution >= 4 is 11.3 Å². The van der Waals surface area contributed by atoms with Crippen molar-refractivity contribution in [1.29, 1.82) is 0 Å². The maximum absolute atomic E-state index is 5.59. The molecule has 5 nitrogen and oxygen atoms in total. The molecular weight excluding hydrogens is 264 g/mol. The van der Waals surface area contributed by atoms with Crippen molar-refractivity contribution in [2.24, 2.45) is 0 Å². The Balaban J connectivity index is 1.61. The van der Waals surface area contributed by atoms with Crippen LogP contribution in [-0.4, -0.2) is 48.8 Å². The van der Waals surface area contributed by atoms with Crippen molar-refractivity contribution in [2.45, 2.75) is 18.8 Å². The van der Waals surface area contributed by atoms with Crippen LogP contribution >= 0.6 is 0 Å². The fourth-order valence-electron chi connectivity index (χ4n) is 3.28. The first kappa shape index (κ1) is 13.1. The summed E-state index contributed by atoms with van der Waals surface area (Å²) < 4.78 is 7.72. The summed E-state index contributed by atoms with van der Waals surface area (Å²) in [4.78, 5) is 7.26. The molecule has 5 heteroatoms. The Bertz CT molecular complexity index is 596. The number of hydrogen-bond donors (Lipinski definition) is 1. The zero-order valence-electron chi connectivity index (χ0n) is 12.3. The van der Waals surface area contributed by atoms with Gasteiger partial charge in [0.15, 0.2) is 0 Å². The lowest BCUT2D eigenvalue weighted by Gasteiger charge is -2.29. The number of ether oxygens (including phenoxy) is 1. The number of rotatable bonds is 2. The molecule has 2 aromatic rings. The molecule has 4 rings (SSSR count). The summed E-state index contributed by atoms with van der Waals surface area (Å²) in [5, 5.41) is 3.39. The number of nitrogens with one attached hydrogen (secondary N) is 1. The Morgan fingerprint density at radius 3 is 3.00 bits per heavy atom. The van der Waals surface area contributed by atoms with Gasteiger partial charge in [0.1, 0.15) is 5.65 Å². The van der Waals surface area contributed by atoms with Gasteiger partial charge in [0, 0.05) is 62.9 Å². The fourth-order valence-corrected chi connectivity index (χ4v) is 3.28. The quantitative estimate of drug-likeness (QED) is 0.911. The molecule has 0 saturated carbocycles. The van der Waals surface area contributed by atoms with Gasteiger partial charge < -0.3 is 19.4 Å². The number of imidazole rings is 1. The van der Waals surface area contributed by atoms with Crippen LogP contribution in [0.25, 0.3) is 5.65 Å². The Morgan fingerprint density at radius 1 is 1.29 bits per heavy atom. The minimum absolute atomic E-state index is 0.460. The van der Waals surface area contributed by atoms with Crippen LogP contribution < -0.4 is 10.2 Å². The third-order valence-corrected chi connectivity index (χ3v) is 4.52. The highest BCUT2D eigenvalue weighted by atomic mass is 16.5. The topological polar surface area (TPSA) is 41.8 Å². The summed E-state index contributed by atoms with van der Waals surface area (Å²) in [5.74, 6) is 0.460. The summed E-state index contributed by atoms with van der Waals surface area (Å²) >= 11 is 0. The highest BCUT2D eigenvalue weighted by molar-refractivity contribution is 5.57. The van der Waals surface area contributed by atoms with Crippen molar-refractivity contribution in [3.63, 3.8) is 0 Å². The van der Waals surface area contributed by atoms with Crippen LogP contribution in [0, 0.1) is 0 Å². The van der Waals surface area contributed by atoms with Crippen LogP contribution in [0.1, 0.15) is 24.5 Å². The van der Waals surface area contributed by atoms with Gasteiger partial charge in [-0.3, -0.25) is 0 Å². The summed E-state index contributed by atoms with van der Waals surface area (Å²) in [6.45, 7) is 5.97. The minimum atomic E-state index is 0.460. The van der Waals surface area contributed by atoms with Gasteiger partial charge in [0.25, 0.3) is 0 Å². The predicted octanol–water partition coefficient (Wildman–Crippen LogP) is 1.64. The van der Waals surface area contributed by atoms with E-state index < -0.39 is 0 Å². The molecule has 2 aliphatic heterocycles. The van der Waals surface area contributed by atoms with E-state index in [9.17, 15) is 0 Å². The number of hydrogen-bond acceptors (Lipinski definition) is 4. The van der Waals surface area contributed by atoms with E-state index in [4.69, 9.17) is 9.72 Å². The Morgan fingerprint density at radius 2 is 2.19 bits per heavy atom. The molecule has 21 heavy (non-hydrogen) atoms. The average Bonchev–Trinajstić information content (AvgIpc) is 2.99. The molecule has 0 aromatic carbocycles. The predicted molar refractivity (Wildman–Crippen MR) is 83.1 cm³/mol. The molecule has 2 aromatic heterocycles. The molecule has 0 radical (unpaired) electrons. The summed E-state index contributed by atoms with van der Waals surface area (Å²) in [6, 6.07) is 4.40. The number of aromatic nitrogens is 2.